The standard InChI is InChI=1S/C28H32F3N3O2/c1-5-24(35)32-11-8-12-36-18-14-21(29)25(22(30)15-18)27-26-20(19-9-6-7-10-23(19)33-26)13-17(2)34(27)16-28(3,4)31/h5-7,9-10,14-15,17,27,33H,1,8,11-13,16H2,2-4H3,(H,32,35)/t17-,27-/m1/s1. The van der Waals surface area contributed by atoms with Gasteiger partial charge < -0.3 is 15.0 Å². The summed E-state index contributed by atoms with van der Waals surface area (Å²) in [5.41, 5.74) is 0.863. The Morgan fingerprint density at radius 1 is 1.28 bits per heavy atom. The number of halogens is 3. The number of carbonyl (C=O) groups excluding carboxylic acids is 1. The monoisotopic (exact) mass is 499 g/mol. The summed E-state index contributed by atoms with van der Waals surface area (Å²) in [4.78, 5) is 16.4. The molecule has 3 aromatic rings. The summed E-state index contributed by atoms with van der Waals surface area (Å²) in [5.74, 6) is -1.75. The van der Waals surface area contributed by atoms with E-state index in [0.717, 1.165) is 16.5 Å². The molecule has 1 aromatic heterocycles. The molecule has 0 saturated carbocycles. The molecule has 0 saturated heterocycles. The van der Waals surface area contributed by atoms with Gasteiger partial charge in [0.15, 0.2) is 0 Å². The molecule has 0 radical (unpaired) electrons. The van der Waals surface area contributed by atoms with E-state index in [1.165, 1.54) is 32.1 Å². The molecule has 0 spiro atoms. The second-order valence-electron chi connectivity index (χ2n) is 9.91. The molecule has 0 unspecified atom stereocenters. The molecule has 2 atom stereocenters. The van der Waals surface area contributed by atoms with Crippen LogP contribution >= 0.6 is 0 Å². The molecule has 1 aliphatic rings. The number of carbonyl (C=O) groups is 1. The lowest BCUT2D eigenvalue weighted by Crippen LogP contribution is -2.48. The van der Waals surface area contributed by atoms with Crippen molar-refractivity contribution in [3.8, 4) is 5.75 Å². The minimum absolute atomic E-state index is 0.0151. The summed E-state index contributed by atoms with van der Waals surface area (Å²) in [5, 5.41) is 3.62. The van der Waals surface area contributed by atoms with E-state index in [1.54, 1.807) is 0 Å². The second-order valence-corrected chi connectivity index (χ2v) is 9.91. The molecule has 2 heterocycles. The van der Waals surface area contributed by atoms with E-state index >= 15 is 8.78 Å². The first-order valence-corrected chi connectivity index (χ1v) is 12.1. The molecule has 4 rings (SSSR count). The van der Waals surface area contributed by atoms with Crippen LogP contribution in [0.2, 0.25) is 0 Å². The van der Waals surface area contributed by atoms with Gasteiger partial charge >= 0.3 is 0 Å². The Morgan fingerprint density at radius 2 is 1.97 bits per heavy atom. The van der Waals surface area contributed by atoms with Gasteiger partial charge in [0.25, 0.3) is 0 Å². The van der Waals surface area contributed by atoms with Crippen LogP contribution in [0.3, 0.4) is 0 Å². The molecule has 1 aliphatic heterocycles. The third kappa shape index (κ3) is 5.43. The molecule has 2 N–H and O–H groups in total. The van der Waals surface area contributed by atoms with Gasteiger partial charge in [0.2, 0.25) is 5.91 Å². The van der Waals surface area contributed by atoms with Crippen molar-refractivity contribution in [3.05, 3.63) is 77.5 Å². The van der Waals surface area contributed by atoms with Gasteiger partial charge in [-0.2, -0.15) is 0 Å². The first-order valence-electron chi connectivity index (χ1n) is 12.1. The Morgan fingerprint density at radius 3 is 2.64 bits per heavy atom. The van der Waals surface area contributed by atoms with E-state index in [2.05, 4.69) is 16.9 Å². The molecular weight excluding hydrogens is 467 g/mol. The number of para-hydroxylation sites is 1. The number of hydrogen-bond acceptors (Lipinski definition) is 3. The van der Waals surface area contributed by atoms with Gasteiger partial charge in [-0.05, 0) is 51.3 Å². The average Bonchev–Trinajstić information content (AvgIpc) is 3.17. The Hall–Kier alpha value is -3.26. The summed E-state index contributed by atoms with van der Waals surface area (Å²) >= 11 is 0. The fourth-order valence-corrected chi connectivity index (χ4v) is 4.95. The SMILES string of the molecule is C=CC(=O)NCCCOc1cc(F)c([C@@H]2c3[nH]c4ccccc4c3C[C@@H](C)N2CC(C)(C)F)c(F)c1. The van der Waals surface area contributed by atoms with E-state index in [0.29, 0.717) is 25.1 Å². The van der Waals surface area contributed by atoms with Crippen LogP contribution in [0, 0.1) is 11.6 Å². The molecular formula is C28H32F3N3O2. The molecule has 2 aromatic carbocycles. The van der Waals surface area contributed by atoms with Crippen molar-refractivity contribution < 1.29 is 22.7 Å². The quantitative estimate of drug-likeness (QED) is 0.298. The number of benzene rings is 2. The number of aromatic amines is 1. The van der Waals surface area contributed by atoms with Crippen LogP contribution < -0.4 is 10.1 Å². The lowest BCUT2D eigenvalue weighted by Gasteiger charge is -2.43. The smallest absolute Gasteiger partial charge is 0.243 e. The highest BCUT2D eigenvalue weighted by Gasteiger charge is 2.41. The molecule has 8 heteroatoms. The molecule has 0 bridgehead atoms. The van der Waals surface area contributed by atoms with Gasteiger partial charge in [-0.1, -0.05) is 24.8 Å². The molecule has 36 heavy (non-hydrogen) atoms. The zero-order valence-electron chi connectivity index (χ0n) is 20.8. The average molecular weight is 500 g/mol. The van der Waals surface area contributed by atoms with E-state index in [1.807, 2.05) is 36.1 Å². The minimum atomic E-state index is -1.56. The molecule has 0 aliphatic carbocycles. The van der Waals surface area contributed by atoms with Gasteiger partial charge in [-0.3, -0.25) is 9.69 Å². The lowest BCUT2D eigenvalue weighted by atomic mass is 9.87. The van der Waals surface area contributed by atoms with Gasteiger partial charge in [-0.15, -0.1) is 0 Å². The Bertz CT molecular complexity index is 1240. The summed E-state index contributed by atoms with van der Waals surface area (Å²) < 4.78 is 51.6. The maximum absolute atomic E-state index is 15.6. The summed E-state index contributed by atoms with van der Waals surface area (Å²) in [7, 11) is 0. The highest BCUT2D eigenvalue weighted by Crippen LogP contribution is 2.43. The predicted octanol–water partition coefficient (Wildman–Crippen LogP) is 5.60. The third-order valence-electron chi connectivity index (χ3n) is 6.48. The molecule has 192 valence electrons. The number of amides is 1. The summed E-state index contributed by atoms with van der Waals surface area (Å²) in [6, 6.07) is 9.13. The Labute approximate surface area is 209 Å². The van der Waals surface area contributed by atoms with E-state index < -0.39 is 23.3 Å². The van der Waals surface area contributed by atoms with Crippen molar-refractivity contribution >= 4 is 16.8 Å². The Balaban J connectivity index is 1.68. The zero-order chi connectivity index (χ0) is 26.0. The van der Waals surface area contributed by atoms with Crippen LogP contribution in [0.15, 0.2) is 49.1 Å². The highest BCUT2D eigenvalue weighted by atomic mass is 19.1. The first-order chi connectivity index (χ1) is 17.1. The number of aromatic nitrogens is 1. The van der Waals surface area contributed by atoms with Crippen molar-refractivity contribution in [3.63, 3.8) is 0 Å². The summed E-state index contributed by atoms with van der Waals surface area (Å²) in [6.07, 6.45) is 2.27. The number of H-pyrrole nitrogens is 1. The van der Waals surface area contributed by atoms with Crippen molar-refractivity contribution in [2.24, 2.45) is 0 Å². The number of fused-ring (bicyclic) bond motifs is 3. The van der Waals surface area contributed by atoms with Gasteiger partial charge in [0.1, 0.15) is 23.1 Å². The maximum atomic E-state index is 15.6. The second kappa shape index (κ2) is 10.4. The van der Waals surface area contributed by atoms with Crippen LogP contribution in [0.4, 0.5) is 13.2 Å². The van der Waals surface area contributed by atoms with Crippen LogP contribution in [-0.2, 0) is 11.2 Å². The zero-order valence-corrected chi connectivity index (χ0v) is 20.8. The third-order valence-corrected chi connectivity index (χ3v) is 6.48. The number of hydrogen-bond donors (Lipinski definition) is 2. The largest absolute Gasteiger partial charge is 0.493 e. The van der Waals surface area contributed by atoms with E-state index in [4.69, 9.17) is 4.74 Å². The number of nitrogens with one attached hydrogen (secondary N) is 2. The van der Waals surface area contributed by atoms with Crippen LogP contribution in [0.1, 0.15) is 50.1 Å². The fourth-order valence-electron chi connectivity index (χ4n) is 4.95. The van der Waals surface area contributed by atoms with Gasteiger partial charge in [0, 0.05) is 53.4 Å². The topological polar surface area (TPSA) is 57.4 Å². The van der Waals surface area contributed by atoms with Crippen molar-refractivity contribution in [1.82, 2.24) is 15.2 Å². The molecule has 0 fully saturated rings. The first kappa shape index (κ1) is 25.8. The highest BCUT2D eigenvalue weighted by molar-refractivity contribution is 5.86. The van der Waals surface area contributed by atoms with Gasteiger partial charge in [0.05, 0.1) is 12.6 Å². The van der Waals surface area contributed by atoms with Crippen molar-refractivity contribution in [2.75, 3.05) is 19.7 Å². The predicted molar refractivity (Wildman–Crippen MR) is 135 cm³/mol. The lowest BCUT2D eigenvalue weighted by molar-refractivity contribution is -0.116. The van der Waals surface area contributed by atoms with E-state index in [9.17, 15) is 9.18 Å². The minimum Gasteiger partial charge on any atom is -0.493 e. The molecule has 5 nitrogen and oxygen atoms in total. The maximum Gasteiger partial charge on any atom is 0.243 e. The van der Waals surface area contributed by atoms with E-state index in [-0.39, 0.29) is 36.4 Å². The Kier molecular flexibility index (Phi) is 7.45. The van der Waals surface area contributed by atoms with Crippen molar-refractivity contribution in [2.45, 2.75) is 51.4 Å². The van der Waals surface area contributed by atoms with Gasteiger partial charge in [-0.25, -0.2) is 13.2 Å². The van der Waals surface area contributed by atoms with Crippen LogP contribution in [0.25, 0.3) is 10.9 Å². The van der Waals surface area contributed by atoms with Crippen LogP contribution in [0.5, 0.6) is 5.75 Å². The normalized spacial score (nSPS) is 18.2. The number of rotatable bonds is 9. The number of nitrogens with zero attached hydrogens (tertiary/aromatic N) is 1. The molecule has 1 amide bonds. The summed E-state index contributed by atoms with van der Waals surface area (Å²) in [6.45, 7) is 8.82. The number of alkyl halides is 1. The fraction of sp³-hybridized carbons (Fsp3) is 0.393. The number of ether oxygens (including phenoxy) is 1. The van der Waals surface area contributed by atoms with Crippen LogP contribution in [-0.4, -0.2) is 47.2 Å². The van der Waals surface area contributed by atoms with Crippen molar-refractivity contribution in [1.29, 1.82) is 0 Å².